The summed E-state index contributed by atoms with van der Waals surface area (Å²) in [5.74, 6) is 0. The second-order valence-corrected chi connectivity index (χ2v) is 7.58. The van der Waals surface area contributed by atoms with Crippen LogP contribution in [-0.2, 0) is 21.2 Å². The molecule has 0 aliphatic carbocycles. The number of ether oxygens (including phenoxy) is 1. The van der Waals surface area contributed by atoms with E-state index in [0.717, 1.165) is 5.56 Å². The summed E-state index contributed by atoms with van der Waals surface area (Å²) in [6.45, 7) is 7.88. The molecule has 2 N–H and O–H groups in total. The molecule has 0 atom stereocenters. The Morgan fingerprint density at radius 2 is 1.77 bits per heavy atom. The molecule has 0 heterocycles. The van der Waals surface area contributed by atoms with Crippen molar-refractivity contribution in [2.45, 2.75) is 44.6 Å². The van der Waals surface area contributed by atoms with E-state index in [4.69, 9.17) is 4.74 Å². The maximum Gasteiger partial charge on any atom is 0.407 e. The number of carbonyl (C=O) groups excluding carboxylic acids is 1. The van der Waals surface area contributed by atoms with Crippen molar-refractivity contribution in [2.75, 3.05) is 13.2 Å². The van der Waals surface area contributed by atoms with E-state index in [1.54, 1.807) is 52.0 Å². The number of hydrogen-bond donors (Lipinski definition) is 2. The van der Waals surface area contributed by atoms with Crippen molar-refractivity contribution in [3.8, 4) is 0 Å². The number of amides is 1. The van der Waals surface area contributed by atoms with Crippen LogP contribution < -0.4 is 10.0 Å². The average Bonchev–Trinajstić information content (AvgIpc) is 2.37. The first-order chi connectivity index (χ1) is 10.1. The quantitative estimate of drug-likeness (QED) is 0.837. The van der Waals surface area contributed by atoms with Gasteiger partial charge in [0.2, 0.25) is 10.0 Å². The second kappa shape index (κ2) is 7.60. The molecule has 0 aliphatic rings. The molecule has 0 aliphatic heterocycles. The summed E-state index contributed by atoms with van der Waals surface area (Å²) in [4.78, 5) is 11.4. The molecule has 7 heteroatoms. The second-order valence-electron chi connectivity index (χ2n) is 5.90. The molecule has 1 amide bonds. The molecule has 0 saturated carbocycles. The van der Waals surface area contributed by atoms with Crippen LogP contribution in [0.1, 0.15) is 33.3 Å². The number of carbonyl (C=O) groups is 1. The van der Waals surface area contributed by atoms with Crippen LogP contribution in [0.25, 0.3) is 0 Å². The summed E-state index contributed by atoms with van der Waals surface area (Å²) in [5.41, 5.74) is 0.410. The smallest absolute Gasteiger partial charge is 0.407 e. The summed E-state index contributed by atoms with van der Waals surface area (Å²) in [5, 5.41) is 2.62. The lowest BCUT2D eigenvalue weighted by molar-refractivity contribution is 0.152. The Kier molecular flexibility index (Phi) is 6.37. The molecule has 0 aromatic heterocycles. The van der Waals surface area contributed by atoms with E-state index in [1.807, 2.05) is 0 Å². The van der Waals surface area contributed by atoms with Gasteiger partial charge in [0.25, 0.3) is 0 Å². The SMILES string of the molecule is CCOC(=O)NCCc1ccc(S(=O)(=O)NC(C)(C)C)cc1. The number of benzene rings is 1. The average molecular weight is 328 g/mol. The van der Waals surface area contributed by atoms with Gasteiger partial charge < -0.3 is 10.1 Å². The fourth-order valence-electron chi connectivity index (χ4n) is 1.79. The summed E-state index contributed by atoms with van der Waals surface area (Å²) in [6.07, 6.45) is 0.155. The molecule has 1 aromatic rings. The third kappa shape index (κ3) is 6.44. The first-order valence-electron chi connectivity index (χ1n) is 7.17. The maximum atomic E-state index is 12.1. The summed E-state index contributed by atoms with van der Waals surface area (Å²) in [7, 11) is -3.52. The van der Waals surface area contributed by atoms with E-state index in [1.165, 1.54) is 0 Å². The standard InChI is InChI=1S/C15H24N2O4S/c1-5-21-14(18)16-11-10-12-6-8-13(9-7-12)22(19,20)17-15(2,3)4/h6-9,17H,5,10-11H2,1-4H3,(H,16,18). The zero-order valence-electron chi connectivity index (χ0n) is 13.5. The van der Waals surface area contributed by atoms with Gasteiger partial charge in [-0.15, -0.1) is 0 Å². The Morgan fingerprint density at radius 3 is 2.27 bits per heavy atom. The zero-order chi connectivity index (χ0) is 16.8. The van der Waals surface area contributed by atoms with Gasteiger partial charge in [-0.25, -0.2) is 17.9 Å². The van der Waals surface area contributed by atoms with Crippen molar-refractivity contribution < 1.29 is 17.9 Å². The van der Waals surface area contributed by atoms with Crippen molar-refractivity contribution in [1.82, 2.24) is 10.0 Å². The van der Waals surface area contributed by atoms with Crippen LogP contribution in [0.15, 0.2) is 29.2 Å². The Morgan fingerprint density at radius 1 is 1.18 bits per heavy atom. The van der Waals surface area contributed by atoms with Crippen molar-refractivity contribution in [3.63, 3.8) is 0 Å². The Bertz CT molecular complexity index is 589. The van der Waals surface area contributed by atoms with Crippen LogP contribution in [0.2, 0.25) is 0 Å². The van der Waals surface area contributed by atoms with Crippen molar-refractivity contribution in [1.29, 1.82) is 0 Å². The predicted molar refractivity (Wildman–Crippen MR) is 85.2 cm³/mol. The molecular formula is C15H24N2O4S. The summed E-state index contributed by atoms with van der Waals surface area (Å²) < 4.78 is 31.7. The van der Waals surface area contributed by atoms with E-state index in [0.29, 0.717) is 19.6 Å². The molecule has 0 radical (unpaired) electrons. The maximum absolute atomic E-state index is 12.1. The minimum Gasteiger partial charge on any atom is -0.450 e. The van der Waals surface area contributed by atoms with Crippen LogP contribution >= 0.6 is 0 Å². The molecule has 0 spiro atoms. The normalized spacial score (nSPS) is 12.0. The number of rotatable bonds is 6. The molecule has 22 heavy (non-hydrogen) atoms. The van der Waals surface area contributed by atoms with Gasteiger partial charge in [-0.3, -0.25) is 0 Å². The van der Waals surface area contributed by atoms with Crippen LogP contribution in [-0.4, -0.2) is 33.2 Å². The molecule has 0 fully saturated rings. The minimum atomic E-state index is -3.52. The highest BCUT2D eigenvalue weighted by molar-refractivity contribution is 7.89. The van der Waals surface area contributed by atoms with Crippen molar-refractivity contribution in [3.05, 3.63) is 29.8 Å². The fourth-order valence-corrected chi connectivity index (χ4v) is 3.21. The van der Waals surface area contributed by atoms with Gasteiger partial charge in [0.05, 0.1) is 11.5 Å². The Hall–Kier alpha value is -1.60. The molecular weight excluding hydrogens is 304 g/mol. The monoisotopic (exact) mass is 328 g/mol. The molecule has 124 valence electrons. The lowest BCUT2D eigenvalue weighted by atomic mass is 10.1. The number of hydrogen-bond acceptors (Lipinski definition) is 4. The highest BCUT2D eigenvalue weighted by Gasteiger charge is 2.21. The summed E-state index contributed by atoms with van der Waals surface area (Å²) >= 11 is 0. The molecule has 1 rings (SSSR count). The van der Waals surface area contributed by atoms with E-state index in [9.17, 15) is 13.2 Å². The fraction of sp³-hybridized carbons (Fsp3) is 0.533. The van der Waals surface area contributed by atoms with Gasteiger partial charge in [0, 0.05) is 12.1 Å². The Labute approximate surface area is 132 Å². The topological polar surface area (TPSA) is 84.5 Å². The van der Waals surface area contributed by atoms with Crippen LogP contribution in [0.4, 0.5) is 4.79 Å². The van der Waals surface area contributed by atoms with Crippen molar-refractivity contribution in [2.24, 2.45) is 0 Å². The third-order valence-corrected chi connectivity index (χ3v) is 4.41. The van der Waals surface area contributed by atoms with E-state index < -0.39 is 21.7 Å². The van der Waals surface area contributed by atoms with E-state index >= 15 is 0 Å². The number of sulfonamides is 1. The summed E-state index contributed by atoms with van der Waals surface area (Å²) in [6, 6.07) is 6.61. The molecule has 6 nitrogen and oxygen atoms in total. The van der Waals surface area contributed by atoms with Crippen LogP contribution in [0.5, 0.6) is 0 Å². The van der Waals surface area contributed by atoms with Gasteiger partial charge in [-0.1, -0.05) is 12.1 Å². The molecule has 0 bridgehead atoms. The minimum absolute atomic E-state index is 0.226. The van der Waals surface area contributed by atoms with Crippen molar-refractivity contribution >= 4 is 16.1 Å². The van der Waals surface area contributed by atoms with Gasteiger partial charge in [-0.05, 0) is 51.8 Å². The number of nitrogens with one attached hydrogen (secondary N) is 2. The lowest BCUT2D eigenvalue weighted by Crippen LogP contribution is -2.40. The van der Waals surface area contributed by atoms with E-state index in [2.05, 4.69) is 10.0 Å². The highest BCUT2D eigenvalue weighted by Crippen LogP contribution is 2.14. The highest BCUT2D eigenvalue weighted by atomic mass is 32.2. The van der Waals surface area contributed by atoms with Gasteiger partial charge in [-0.2, -0.15) is 0 Å². The van der Waals surface area contributed by atoms with Gasteiger partial charge in [0.1, 0.15) is 0 Å². The first kappa shape index (κ1) is 18.4. The molecule has 1 aromatic carbocycles. The van der Waals surface area contributed by atoms with Gasteiger partial charge >= 0.3 is 6.09 Å². The number of alkyl carbamates (subject to hydrolysis) is 1. The van der Waals surface area contributed by atoms with Crippen LogP contribution in [0.3, 0.4) is 0 Å². The molecule has 0 saturated heterocycles. The van der Waals surface area contributed by atoms with Crippen LogP contribution in [0, 0.1) is 0 Å². The predicted octanol–water partition coefficient (Wildman–Crippen LogP) is 2.05. The lowest BCUT2D eigenvalue weighted by Gasteiger charge is -2.20. The Balaban J connectivity index is 2.62. The third-order valence-electron chi connectivity index (χ3n) is 2.63. The van der Waals surface area contributed by atoms with Gasteiger partial charge in [0.15, 0.2) is 0 Å². The zero-order valence-corrected chi connectivity index (χ0v) is 14.3. The molecule has 0 unspecified atom stereocenters. The van der Waals surface area contributed by atoms with E-state index in [-0.39, 0.29) is 4.90 Å². The first-order valence-corrected chi connectivity index (χ1v) is 8.66. The largest absolute Gasteiger partial charge is 0.450 e.